The molecule has 2 aromatic rings. The van der Waals surface area contributed by atoms with Gasteiger partial charge in [-0.2, -0.15) is 5.26 Å². The summed E-state index contributed by atoms with van der Waals surface area (Å²) in [6.07, 6.45) is -0.258. The van der Waals surface area contributed by atoms with Crippen LogP contribution in [0.2, 0.25) is 0 Å². The second-order valence-corrected chi connectivity index (χ2v) is 4.42. The molecule has 0 fully saturated rings. The molecule has 0 unspecified atom stereocenters. The topological polar surface area (TPSA) is 82.0 Å². The van der Waals surface area contributed by atoms with E-state index >= 15 is 0 Å². The van der Waals surface area contributed by atoms with Gasteiger partial charge in [-0.05, 0) is 42.5 Å². The van der Waals surface area contributed by atoms with E-state index in [4.69, 9.17) is 5.26 Å². The van der Waals surface area contributed by atoms with Crippen molar-refractivity contribution in [3.63, 3.8) is 0 Å². The molecule has 0 heterocycles. The van der Waals surface area contributed by atoms with E-state index < -0.39 is 5.91 Å². The molecule has 0 aliphatic rings. The van der Waals surface area contributed by atoms with Gasteiger partial charge in [0.15, 0.2) is 0 Å². The molecule has 0 radical (unpaired) electrons. The molecule has 0 saturated carbocycles. The number of hydrogen-bond acceptors (Lipinski definition) is 3. The molecule has 5 nitrogen and oxygen atoms in total. The minimum Gasteiger partial charge on any atom is -0.325 e. The molecule has 0 atom stereocenters. The summed E-state index contributed by atoms with van der Waals surface area (Å²) in [7, 11) is 0. The van der Waals surface area contributed by atoms with Gasteiger partial charge in [0.05, 0.1) is 6.07 Å². The molecule has 22 heavy (non-hydrogen) atoms. The van der Waals surface area contributed by atoms with E-state index in [1.165, 1.54) is 30.3 Å². The fourth-order valence-electron chi connectivity index (χ4n) is 1.75. The number of carbonyl (C=O) groups is 2. The molecule has 2 amide bonds. The maximum Gasteiger partial charge on any atom is 0.255 e. The average Bonchev–Trinajstić information content (AvgIpc) is 2.50. The summed E-state index contributed by atoms with van der Waals surface area (Å²) in [4.78, 5) is 23.4. The lowest BCUT2D eigenvalue weighted by atomic mass is 10.1. The second kappa shape index (κ2) is 6.99. The molecule has 0 saturated heterocycles. The van der Waals surface area contributed by atoms with Crippen molar-refractivity contribution in [3.8, 4) is 6.07 Å². The van der Waals surface area contributed by atoms with E-state index in [9.17, 15) is 14.0 Å². The third-order valence-corrected chi connectivity index (χ3v) is 2.75. The Bertz CT molecular complexity index is 736. The average molecular weight is 297 g/mol. The highest BCUT2D eigenvalue weighted by atomic mass is 19.1. The first-order valence-electron chi connectivity index (χ1n) is 6.42. The summed E-state index contributed by atoms with van der Waals surface area (Å²) < 4.78 is 12.8. The molecule has 0 aliphatic carbocycles. The molecular weight excluding hydrogens is 285 g/mol. The third kappa shape index (κ3) is 4.15. The zero-order chi connectivity index (χ0) is 15.9. The van der Waals surface area contributed by atoms with Crippen molar-refractivity contribution in [2.75, 3.05) is 10.6 Å². The van der Waals surface area contributed by atoms with Crippen LogP contribution >= 0.6 is 0 Å². The van der Waals surface area contributed by atoms with Crippen molar-refractivity contribution in [1.29, 1.82) is 5.26 Å². The number of amides is 2. The maximum absolute atomic E-state index is 12.8. The SMILES string of the molecule is N#CCC(=O)Nc1cccc(C(=O)Nc2ccc(F)cc2)c1. The Hall–Kier alpha value is -3.20. The second-order valence-electron chi connectivity index (χ2n) is 4.42. The maximum atomic E-state index is 12.8. The number of nitriles is 1. The van der Waals surface area contributed by atoms with Crippen LogP contribution in [0.4, 0.5) is 15.8 Å². The van der Waals surface area contributed by atoms with Gasteiger partial charge in [0, 0.05) is 16.9 Å². The number of hydrogen-bond donors (Lipinski definition) is 2. The van der Waals surface area contributed by atoms with Crippen LogP contribution in [0.3, 0.4) is 0 Å². The number of halogens is 1. The zero-order valence-electron chi connectivity index (χ0n) is 11.5. The number of nitrogens with zero attached hydrogens (tertiary/aromatic N) is 1. The lowest BCUT2D eigenvalue weighted by molar-refractivity contribution is -0.115. The molecule has 2 rings (SSSR count). The van der Waals surface area contributed by atoms with Crippen LogP contribution in [0.25, 0.3) is 0 Å². The van der Waals surface area contributed by atoms with Crippen molar-refractivity contribution in [3.05, 3.63) is 59.9 Å². The van der Waals surface area contributed by atoms with Crippen LogP contribution < -0.4 is 10.6 Å². The van der Waals surface area contributed by atoms with E-state index in [1.807, 2.05) is 0 Å². The predicted molar refractivity (Wildman–Crippen MR) is 79.7 cm³/mol. The van der Waals surface area contributed by atoms with Gasteiger partial charge in [-0.25, -0.2) is 4.39 Å². The first-order chi connectivity index (χ1) is 10.6. The lowest BCUT2D eigenvalue weighted by Gasteiger charge is -2.07. The highest BCUT2D eigenvalue weighted by Gasteiger charge is 2.08. The molecule has 0 spiro atoms. The van der Waals surface area contributed by atoms with Crippen LogP contribution in [0.15, 0.2) is 48.5 Å². The highest BCUT2D eigenvalue weighted by molar-refractivity contribution is 6.05. The van der Waals surface area contributed by atoms with E-state index in [0.29, 0.717) is 16.9 Å². The van der Waals surface area contributed by atoms with Gasteiger partial charge in [-0.1, -0.05) is 6.07 Å². The van der Waals surface area contributed by atoms with Crippen molar-refractivity contribution < 1.29 is 14.0 Å². The number of anilines is 2. The van der Waals surface area contributed by atoms with Gasteiger partial charge in [-0.3, -0.25) is 9.59 Å². The van der Waals surface area contributed by atoms with Crippen LogP contribution in [0.5, 0.6) is 0 Å². The molecule has 0 aromatic heterocycles. The molecule has 2 aromatic carbocycles. The molecule has 0 bridgehead atoms. The number of carbonyl (C=O) groups excluding carboxylic acids is 2. The van der Waals surface area contributed by atoms with Crippen molar-refractivity contribution in [2.24, 2.45) is 0 Å². The van der Waals surface area contributed by atoms with Gasteiger partial charge in [0.1, 0.15) is 12.2 Å². The van der Waals surface area contributed by atoms with Gasteiger partial charge < -0.3 is 10.6 Å². The summed E-state index contributed by atoms with van der Waals surface area (Å²) in [5, 5.41) is 13.6. The fraction of sp³-hybridized carbons (Fsp3) is 0.0625. The smallest absolute Gasteiger partial charge is 0.255 e. The Morgan fingerprint density at radius 1 is 1.05 bits per heavy atom. The Morgan fingerprint density at radius 3 is 2.45 bits per heavy atom. The molecule has 110 valence electrons. The summed E-state index contributed by atoms with van der Waals surface area (Å²) >= 11 is 0. The lowest BCUT2D eigenvalue weighted by Crippen LogP contribution is -2.14. The predicted octanol–water partition coefficient (Wildman–Crippen LogP) is 2.93. The zero-order valence-corrected chi connectivity index (χ0v) is 11.5. The van der Waals surface area contributed by atoms with Gasteiger partial charge in [0.2, 0.25) is 5.91 Å². The van der Waals surface area contributed by atoms with Crippen molar-refractivity contribution >= 4 is 23.2 Å². The quantitative estimate of drug-likeness (QED) is 0.910. The van der Waals surface area contributed by atoms with Gasteiger partial charge in [0.25, 0.3) is 5.91 Å². The summed E-state index contributed by atoms with van der Waals surface area (Å²) in [5.74, 6) is -1.22. The Labute approximate surface area is 126 Å². The summed E-state index contributed by atoms with van der Waals surface area (Å²) in [5.41, 5.74) is 1.22. The number of rotatable bonds is 4. The highest BCUT2D eigenvalue weighted by Crippen LogP contribution is 2.14. The molecular formula is C16H12FN3O2. The largest absolute Gasteiger partial charge is 0.325 e. The summed E-state index contributed by atoms with van der Waals surface area (Å²) in [6, 6.07) is 13.4. The van der Waals surface area contributed by atoms with Crippen molar-refractivity contribution in [2.45, 2.75) is 6.42 Å². The van der Waals surface area contributed by atoms with Crippen molar-refractivity contribution in [1.82, 2.24) is 0 Å². The van der Waals surface area contributed by atoms with E-state index in [-0.39, 0.29) is 18.1 Å². The first kappa shape index (κ1) is 15.2. The number of nitrogens with one attached hydrogen (secondary N) is 2. The van der Waals surface area contributed by atoms with Crippen LogP contribution in [0.1, 0.15) is 16.8 Å². The van der Waals surface area contributed by atoms with Crippen LogP contribution in [-0.4, -0.2) is 11.8 Å². The van der Waals surface area contributed by atoms with E-state index in [0.717, 1.165) is 0 Å². The van der Waals surface area contributed by atoms with Gasteiger partial charge in [-0.15, -0.1) is 0 Å². The van der Waals surface area contributed by atoms with E-state index in [1.54, 1.807) is 24.3 Å². The number of benzene rings is 2. The van der Waals surface area contributed by atoms with Crippen LogP contribution in [0, 0.1) is 17.1 Å². The van der Waals surface area contributed by atoms with Crippen LogP contribution in [-0.2, 0) is 4.79 Å². The monoisotopic (exact) mass is 297 g/mol. The Kier molecular flexibility index (Phi) is 4.83. The normalized spacial score (nSPS) is 9.64. The molecule has 6 heteroatoms. The Balaban J connectivity index is 2.08. The minimum atomic E-state index is -0.446. The standard InChI is InChI=1S/C16H12FN3O2/c17-12-4-6-13(7-5-12)20-16(22)11-2-1-3-14(10-11)19-15(21)8-9-18/h1-7,10H,8H2,(H,19,21)(H,20,22). The fourth-order valence-corrected chi connectivity index (χ4v) is 1.75. The minimum absolute atomic E-state index is 0.258. The first-order valence-corrected chi connectivity index (χ1v) is 6.42. The summed E-state index contributed by atoms with van der Waals surface area (Å²) in [6.45, 7) is 0. The third-order valence-electron chi connectivity index (χ3n) is 2.75. The van der Waals surface area contributed by atoms with Gasteiger partial charge >= 0.3 is 0 Å². The molecule has 0 aliphatic heterocycles. The van der Waals surface area contributed by atoms with E-state index in [2.05, 4.69) is 10.6 Å². The Morgan fingerprint density at radius 2 is 1.77 bits per heavy atom. The molecule has 2 N–H and O–H groups in total.